The van der Waals surface area contributed by atoms with E-state index in [-0.39, 0.29) is 11.9 Å². The Morgan fingerprint density at radius 2 is 1.94 bits per heavy atom. The van der Waals surface area contributed by atoms with Gasteiger partial charge in [0.15, 0.2) is 0 Å². The molecular weight excluding hydrogens is 228 g/mol. The molecule has 1 rings (SSSR count). The van der Waals surface area contributed by atoms with Crippen LogP contribution in [0, 0.1) is 5.92 Å². The molecule has 0 aliphatic rings. The van der Waals surface area contributed by atoms with Crippen molar-refractivity contribution in [3.63, 3.8) is 0 Å². The molecule has 0 spiro atoms. The van der Waals surface area contributed by atoms with E-state index in [1.807, 2.05) is 25.1 Å². The summed E-state index contributed by atoms with van der Waals surface area (Å²) in [5.74, 6) is 0.721. The standard InChI is InChI=1S/C15H22O3/c1-3-10-17-11-9-13(2)12-15(16)18-14-7-5-4-6-8-14/h4-8,13H,3,9-12H2,1-2H3. The highest BCUT2D eigenvalue weighted by molar-refractivity contribution is 5.72. The largest absolute Gasteiger partial charge is 0.427 e. The van der Waals surface area contributed by atoms with Gasteiger partial charge in [0.25, 0.3) is 0 Å². The Kier molecular flexibility index (Phi) is 7.11. The highest BCUT2D eigenvalue weighted by Gasteiger charge is 2.11. The van der Waals surface area contributed by atoms with Crippen LogP contribution in [0.25, 0.3) is 0 Å². The third kappa shape index (κ3) is 6.40. The van der Waals surface area contributed by atoms with Crippen molar-refractivity contribution in [1.82, 2.24) is 0 Å². The molecule has 0 radical (unpaired) electrons. The first-order valence-electron chi connectivity index (χ1n) is 6.55. The van der Waals surface area contributed by atoms with Gasteiger partial charge in [-0.3, -0.25) is 4.79 Å². The van der Waals surface area contributed by atoms with Crippen LogP contribution in [-0.4, -0.2) is 19.2 Å². The highest BCUT2D eigenvalue weighted by Crippen LogP contribution is 2.13. The maximum atomic E-state index is 11.6. The first-order valence-corrected chi connectivity index (χ1v) is 6.55. The third-order valence-electron chi connectivity index (χ3n) is 2.59. The quantitative estimate of drug-likeness (QED) is 0.403. The minimum Gasteiger partial charge on any atom is -0.427 e. The molecule has 0 aliphatic heterocycles. The van der Waals surface area contributed by atoms with E-state index in [2.05, 4.69) is 6.92 Å². The minimum atomic E-state index is -0.177. The van der Waals surface area contributed by atoms with Crippen molar-refractivity contribution in [3.8, 4) is 5.75 Å². The van der Waals surface area contributed by atoms with E-state index in [0.29, 0.717) is 18.8 Å². The molecule has 0 aliphatic carbocycles. The van der Waals surface area contributed by atoms with Crippen molar-refractivity contribution in [3.05, 3.63) is 30.3 Å². The van der Waals surface area contributed by atoms with E-state index < -0.39 is 0 Å². The zero-order valence-corrected chi connectivity index (χ0v) is 11.2. The van der Waals surface area contributed by atoms with Crippen molar-refractivity contribution < 1.29 is 14.3 Å². The van der Waals surface area contributed by atoms with Crippen molar-refractivity contribution >= 4 is 5.97 Å². The molecule has 100 valence electrons. The van der Waals surface area contributed by atoms with Crippen LogP contribution in [0.3, 0.4) is 0 Å². The van der Waals surface area contributed by atoms with Crippen LogP contribution in [0.5, 0.6) is 5.75 Å². The Morgan fingerprint density at radius 1 is 1.22 bits per heavy atom. The van der Waals surface area contributed by atoms with Gasteiger partial charge in [-0.25, -0.2) is 0 Å². The first kappa shape index (κ1) is 14.7. The van der Waals surface area contributed by atoms with E-state index in [1.54, 1.807) is 12.1 Å². The van der Waals surface area contributed by atoms with Crippen molar-refractivity contribution in [2.45, 2.75) is 33.1 Å². The summed E-state index contributed by atoms with van der Waals surface area (Å²) in [4.78, 5) is 11.6. The smallest absolute Gasteiger partial charge is 0.311 e. The second-order valence-corrected chi connectivity index (χ2v) is 4.50. The molecule has 0 bridgehead atoms. The van der Waals surface area contributed by atoms with Gasteiger partial charge < -0.3 is 9.47 Å². The van der Waals surface area contributed by atoms with Crippen LogP contribution >= 0.6 is 0 Å². The molecule has 0 saturated heterocycles. The summed E-state index contributed by atoms with van der Waals surface area (Å²) in [5, 5.41) is 0. The van der Waals surface area contributed by atoms with E-state index in [9.17, 15) is 4.79 Å². The molecule has 1 aromatic carbocycles. The maximum Gasteiger partial charge on any atom is 0.311 e. The molecule has 0 fully saturated rings. The lowest BCUT2D eigenvalue weighted by Crippen LogP contribution is -2.13. The first-order chi connectivity index (χ1) is 8.72. The molecule has 0 aromatic heterocycles. The summed E-state index contributed by atoms with van der Waals surface area (Å²) in [6.07, 6.45) is 2.36. The van der Waals surface area contributed by atoms with Crippen molar-refractivity contribution in [1.29, 1.82) is 0 Å². The number of hydrogen-bond donors (Lipinski definition) is 0. The van der Waals surface area contributed by atoms with Gasteiger partial charge in [-0.05, 0) is 30.9 Å². The topological polar surface area (TPSA) is 35.5 Å². The molecule has 0 saturated carbocycles. The minimum absolute atomic E-state index is 0.177. The van der Waals surface area contributed by atoms with E-state index in [1.165, 1.54) is 0 Å². The van der Waals surface area contributed by atoms with Gasteiger partial charge in [0, 0.05) is 19.6 Å². The average Bonchev–Trinajstić information content (AvgIpc) is 2.35. The number of para-hydroxylation sites is 1. The fourth-order valence-electron chi connectivity index (χ4n) is 1.58. The lowest BCUT2D eigenvalue weighted by atomic mass is 10.1. The predicted octanol–water partition coefficient (Wildman–Crippen LogP) is 3.43. The Bertz CT molecular complexity index is 335. The van der Waals surface area contributed by atoms with E-state index in [4.69, 9.17) is 9.47 Å². The lowest BCUT2D eigenvalue weighted by molar-refractivity contribution is -0.135. The van der Waals surface area contributed by atoms with Gasteiger partial charge in [0.1, 0.15) is 5.75 Å². The van der Waals surface area contributed by atoms with Gasteiger partial charge >= 0.3 is 5.97 Å². The van der Waals surface area contributed by atoms with E-state index >= 15 is 0 Å². The number of carbonyl (C=O) groups excluding carboxylic acids is 1. The zero-order chi connectivity index (χ0) is 13.2. The molecule has 0 amide bonds. The summed E-state index contributed by atoms with van der Waals surface area (Å²) in [6.45, 7) is 5.64. The van der Waals surface area contributed by atoms with Gasteiger partial charge in [0.2, 0.25) is 0 Å². The second-order valence-electron chi connectivity index (χ2n) is 4.50. The molecular formula is C15H22O3. The highest BCUT2D eigenvalue weighted by atomic mass is 16.5. The Labute approximate surface area is 109 Å². The van der Waals surface area contributed by atoms with Gasteiger partial charge in [-0.2, -0.15) is 0 Å². The van der Waals surface area contributed by atoms with Gasteiger partial charge in [-0.15, -0.1) is 0 Å². The average molecular weight is 250 g/mol. The molecule has 1 aromatic rings. The third-order valence-corrected chi connectivity index (χ3v) is 2.59. The van der Waals surface area contributed by atoms with Crippen LogP contribution in [-0.2, 0) is 9.53 Å². The monoisotopic (exact) mass is 250 g/mol. The van der Waals surface area contributed by atoms with Crippen LogP contribution < -0.4 is 4.74 Å². The normalized spacial score (nSPS) is 12.1. The number of ether oxygens (including phenoxy) is 2. The molecule has 0 heterocycles. The SMILES string of the molecule is CCCOCCC(C)CC(=O)Oc1ccccc1. The molecule has 0 N–H and O–H groups in total. The Morgan fingerprint density at radius 3 is 2.61 bits per heavy atom. The lowest BCUT2D eigenvalue weighted by Gasteiger charge is -2.11. The summed E-state index contributed by atoms with van der Waals surface area (Å²) in [5.41, 5.74) is 0. The fraction of sp³-hybridized carbons (Fsp3) is 0.533. The zero-order valence-electron chi connectivity index (χ0n) is 11.2. The van der Waals surface area contributed by atoms with Crippen LogP contribution in [0.15, 0.2) is 30.3 Å². The molecule has 18 heavy (non-hydrogen) atoms. The summed E-state index contributed by atoms with van der Waals surface area (Å²) in [6, 6.07) is 9.17. The van der Waals surface area contributed by atoms with E-state index in [0.717, 1.165) is 19.4 Å². The van der Waals surface area contributed by atoms with Crippen molar-refractivity contribution in [2.75, 3.05) is 13.2 Å². The predicted molar refractivity (Wildman–Crippen MR) is 71.6 cm³/mol. The number of carbonyl (C=O) groups is 1. The molecule has 1 atom stereocenters. The Hall–Kier alpha value is -1.35. The van der Waals surface area contributed by atoms with Crippen LogP contribution in [0.4, 0.5) is 0 Å². The molecule has 1 unspecified atom stereocenters. The maximum absolute atomic E-state index is 11.6. The molecule has 3 nitrogen and oxygen atoms in total. The van der Waals surface area contributed by atoms with Gasteiger partial charge in [0.05, 0.1) is 0 Å². The van der Waals surface area contributed by atoms with Crippen molar-refractivity contribution in [2.24, 2.45) is 5.92 Å². The number of hydrogen-bond acceptors (Lipinski definition) is 3. The van der Waals surface area contributed by atoms with Gasteiger partial charge in [-0.1, -0.05) is 32.0 Å². The Balaban J connectivity index is 2.19. The summed E-state index contributed by atoms with van der Waals surface area (Å²) >= 11 is 0. The number of esters is 1. The summed E-state index contributed by atoms with van der Waals surface area (Å²) in [7, 11) is 0. The van der Waals surface area contributed by atoms with Crippen LogP contribution in [0.2, 0.25) is 0 Å². The number of benzene rings is 1. The summed E-state index contributed by atoms with van der Waals surface area (Å²) < 4.78 is 10.6. The van der Waals surface area contributed by atoms with Crippen LogP contribution in [0.1, 0.15) is 33.1 Å². The second kappa shape index (κ2) is 8.70. The molecule has 3 heteroatoms. The fourth-order valence-corrected chi connectivity index (χ4v) is 1.58. The number of rotatable bonds is 8.